The number of benzene rings is 1. The predicted molar refractivity (Wildman–Crippen MR) is 85.4 cm³/mol. The van der Waals surface area contributed by atoms with Crippen LogP contribution in [-0.4, -0.2) is 30.8 Å². The van der Waals surface area contributed by atoms with Crippen molar-refractivity contribution in [3.05, 3.63) is 28.2 Å². The third kappa shape index (κ3) is 3.56. The van der Waals surface area contributed by atoms with Crippen LogP contribution in [0.1, 0.15) is 12.0 Å². The van der Waals surface area contributed by atoms with E-state index >= 15 is 0 Å². The fourth-order valence-electron chi connectivity index (χ4n) is 2.07. The van der Waals surface area contributed by atoms with Gasteiger partial charge in [0.05, 0.1) is 23.1 Å². The van der Waals surface area contributed by atoms with Crippen LogP contribution >= 0.6 is 28.1 Å². The first-order valence-electron chi connectivity index (χ1n) is 5.89. The largest absolute Gasteiger partial charge is 0.389 e. The molecule has 5 nitrogen and oxygen atoms in total. The van der Waals surface area contributed by atoms with Crippen molar-refractivity contribution in [2.75, 3.05) is 16.8 Å². The summed E-state index contributed by atoms with van der Waals surface area (Å²) in [5, 5.41) is 2.71. The highest BCUT2D eigenvalue weighted by Gasteiger charge is 2.33. The normalized spacial score (nSPS) is 20.6. The fraction of sp³-hybridized carbons (Fsp3) is 0.333. The molecule has 0 saturated carbocycles. The molecule has 0 spiro atoms. The highest BCUT2D eigenvalue weighted by Crippen LogP contribution is 2.24. The van der Waals surface area contributed by atoms with Gasteiger partial charge in [-0.3, -0.25) is 4.79 Å². The molecule has 1 unspecified atom stereocenters. The van der Waals surface area contributed by atoms with Gasteiger partial charge in [-0.25, -0.2) is 8.42 Å². The molecular formula is C12H13BrN2O3S2. The van der Waals surface area contributed by atoms with Crippen LogP contribution in [0.25, 0.3) is 0 Å². The Hall–Kier alpha value is -0.990. The molecule has 1 aromatic carbocycles. The molecule has 0 aliphatic carbocycles. The van der Waals surface area contributed by atoms with E-state index in [1.54, 1.807) is 18.2 Å². The summed E-state index contributed by atoms with van der Waals surface area (Å²) in [5.41, 5.74) is 6.65. The van der Waals surface area contributed by atoms with Crippen LogP contribution in [0.4, 0.5) is 5.69 Å². The first-order valence-corrected chi connectivity index (χ1v) is 8.91. The van der Waals surface area contributed by atoms with Crippen molar-refractivity contribution in [3.63, 3.8) is 0 Å². The molecular weight excluding hydrogens is 364 g/mol. The van der Waals surface area contributed by atoms with Gasteiger partial charge in [-0.15, -0.1) is 0 Å². The van der Waals surface area contributed by atoms with Crippen LogP contribution in [-0.2, 0) is 14.6 Å². The number of hydrogen-bond acceptors (Lipinski definition) is 4. The van der Waals surface area contributed by atoms with Crippen LogP contribution in [0, 0.1) is 5.92 Å². The van der Waals surface area contributed by atoms with Crippen LogP contribution < -0.4 is 11.1 Å². The first-order chi connectivity index (χ1) is 9.28. The van der Waals surface area contributed by atoms with E-state index in [9.17, 15) is 13.2 Å². The lowest BCUT2D eigenvalue weighted by Gasteiger charge is -2.13. The maximum absolute atomic E-state index is 12.1. The number of rotatable bonds is 3. The van der Waals surface area contributed by atoms with Crippen molar-refractivity contribution in [3.8, 4) is 0 Å². The standard InChI is InChI=1S/C12H13BrN2O3S2/c13-8-1-2-9(11(14)19)10(5-8)15-12(16)7-3-4-20(17,18)6-7/h1-2,5,7H,3-4,6H2,(H2,14,19)(H,15,16). The van der Waals surface area contributed by atoms with E-state index in [2.05, 4.69) is 21.2 Å². The van der Waals surface area contributed by atoms with Gasteiger partial charge in [0.2, 0.25) is 5.91 Å². The molecule has 1 aliphatic heterocycles. The van der Waals surface area contributed by atoms with Gasteiger partial charge in [-0.2, -0.15) is 0 Å². The SMILES string of the molecule is NC(=S)c1ccc(Br)cc1NC(=O)C1CCS(=O)(=O)C1. The molecule has 1 fully saturated rings. The Balaban J connectivity index is 2.20. The van der Waals surface area contributed by atoms with E-state index in [4.69, 9.17) is 18.0 Å². The van der Waals surface area contributed by atoms with Crippen molar-refractivity contribution in [2.45, 2.75) is 6.42 Å². The number of thiocarbonyl (C=S) groups is 1. The van der Waals surface area contributed by atoms with E-state index in [-0.39, 0.29) is 22.4 Å². The Bertz CT molecular complexity index is 673. The van der Waals surface area contributed by atoms with Gasteiger partial charge in [0.25, 0.3) is 0 Å². The van der Waals surface area contributed by atoms with E-state index in [1.807, 2.05) is 0 Å². The van der Waals surface area contributed by atoms with Crippen LogP contribution in [0.3, 0.4) is 0 Å². The molecule has 20 heavy (non-hydrogen) atoms. The lowest BCUT2D eigenvalue weighted by Crippen LogP contribution is -2.25. The maximum atomic E-state index is 12.1. The number of carbonyl (C=O) groups is 1. The lowest BCUT2D eigenvalue weighted by atomic mass is 10.1. The summed E-state index contributed by atoms with van der Waals surface area (Å²) in [6.07, 6.45) is 0.352. The summed E-state index contributed by atoms with van der Waals surface area (Å²) in [5.74, 6) is -0.874. The van der Waals surface area contributed by atoms with Crippen molar-refractivity contribution in [1.29, 1.82) is 0 Å². The topological polar surface area (TPSA) is 89.3 Å². The minimum Gasteiger partial charge on any atom is -0.389 e. The van der Waals surface area contributed by atoms with Gasteiger partial charge < -0.3 is 11.1 Å². The van der Waals surface area contributed by atoms with Gasteiger partial charge >= 0.3 is 0 Å². The zero-order chi connectivity index (χ0) is 14.9. The number of sulfone groups is 1. The third-order valence-corrected chi connectivity index (χ3v) is 5.59. The summed E-state index contributed by atoms with van der Waals surface area (Å²) < 4.78 is 23.6. The van der Waals surface area contributed by atoms with Crippen LogP contribution in [0.5, 0.6) is 0 Å². The van der Waals surface area contributed by atoms with E-state index in [0.29, 0.717) is 17.7 Å². The van der Waals surface area contributed by atoms with E-state index < -0.39 is 15.8 Å². The summed E-state index contributed by atoms with van der Waals surface area (Å²) in [4.78, 5) is 12.3. The monoisotopic (exact) mass is 376 g/mol. The molecule has 1 heterocycles. The first kappa shape index (κ1) is 15.4. The Labute approximate surface area is 131 Å². The molecule has 1 atom stereocenters. The molecule has 0 aromatic heterocycles. The van der Waals surface area contributed by atoms with Crippen LogP contribution in [0.15, 0.2) is 22.7 Å². The van der Waals surface area contributed by atoms with Crippen molar-refractivity contribution >= 4 is 54.6 Å². The average Bonchev–Trinajstić information content (AvgIpc) is 2.69. The number of nitrogens with one attached hydrogen (secondary N) is 1. The van der Waals surface area contributed by atoms with E-state index in [1.165, 1.54) is 0 Å². The van der Waals surface area contributed by atoms with Gasteiger partial charge in [0.1, 0.15) is 4.99 Å². The molecule has 1 saturated heterocycles. The van der Waals surface area contributed by atoms with Gasteiger partial charge in [0, 0.05) is 10.0 Å². The molecule has 108 valence electrons. The molecule has 1 aromatic rings. The summed E-state index contributed by atoms with van der Waals surface area (Å²) >= 11 is 8.24. The number of hydrogen-bond donors (Lipinski definition) is 2. The van der Waals surface area contributed by atoms with Gasteiger partial charge in [0.15, 0.2) is 9.84 Å². The van der Waals surface area contributed by atoms with Gasteiger partial charge in [-0.05, 0) is 24.6 Å². The molecule has 8 heteroatoms. The average molecular weight is 377 g/mol. The number of amides is 1. The lowest BCUT2D eigenvalue weighted by molar-refractivity contribution is -0.119. The second-order valence-corrected chi connectivity index (χ2v) is 8.23. The molecule has 0 bridgehead atoms. The second-order valence-electron chi connectivity index (χ2n) is 4.64. The van der Waals surface area contributed by atoms with Gasteiger partial charge in [-0.1, -0.05) is 28.1 Å². The number of halogens is 1. The molecule has 0 radical (unpaired) electrons. The molecule has 1 aliphatic rings. The predicted octanol–water partition coefficient (Wildman–Crippen LogP) is 1.46. The van der Waals surface area contributed by atoms with Crippen LogP contribution in [0.2, 0.25) is 0 Å². The highest BCUT2D eigenvalue weighted by atomic mass is 79.9. The molecule has 2 rings (SSSR count). The molecule has 1 amide bonds. The quantitative estimate of drug-likeness (QED) is 0.779. The summed E-state index contributed by atoms with van der Waals surface area (Å²) in [7, 11) is -3.09. The fourth-order valence-corrected chi connectivity index (χ4v) is 4.35. The zero-order valence-electron chi connectivity index (χ0n) is 10.4. The minimum atomic E-state index is -3.09. The Morgan fingerprint density at radius 1 is 1.45 bits per heavy atom. The number of carbonyl (C=O) groups excluding carboxylic acids is 1. The number of anilines is 1. The summed E-state index contributed by atoms with van der Waals surface area (Å²) in [6, 6.07) is 5.16. The Morgan fingerprint density at radius 3 is 2.70 bits per heavy atom. The molecule has 3 N–H and O–H groups in total. The second kappa shape index (κ2) is 5.79. The number of nitrogens with two attached hydrogens (primary N) is 1. The summed E-state index contributed by atoms with van der Waals surface area (Å²) in [6.45, 7) is 0. The minimum absolute atomic E-state index is 0.0612. The zero-order valence-corrected chi connectivity index (χ0v) is 13.6. The Kier molecular flexibility index (Phi) is 4.46. The Morgan fingerprint density at radius 2 is 2.15 bits per heavy atom. The maximum Gasteiger partial charge on any atom is 0.228 e. The van der Waals surface area contributed by atoms with Crippen molar-refractivity contribution < 1.29 is 13.2 Å². The van der Waals surface area contributed by atoms with E-state index in [0.717, 1.165) is 4.47 Å². The van der Waals surface area contributed by atoms with Crippen molar-refractivity contribution in [1.82, 2.24) is 0 Å². The smallest absolute Gasteiger partial charge is 0.228 e. The highest BCUT2D eigenvalue weighted by molar-refractivity contribution is 9.10. The van der Waals surface area contributed by atoms with Crippen molar-refractivity contribution in [2.24, 2.45) is 11.7 Å². The third-order valence-electron chi connectivity index (χ3n) is 3.11.